The number of nitrogens with zero attached hydrogens (tertiary/aromatic N) is 1. The van der Waals surface area contributed by atoms with E-state index in [0.717, 1.165) is 5.56 Å². The normalized spacial score (nSPS) is 10.0. The second kappa shape index (κ2) is 5.90. The number of H-pyrrole nitrogens is 1. The molecule has 0 aliphatic heterocycles. The predicted molar refractivity (Wildman–Crippen MR) is 71.7 cm³/mol. The van der Waals surface area contributed by atoms with E-state index in [1.165, 1.54) is 12.4 Å². The molecule has 0 unspecified atom stereocenters. The van der Waals surface area contributed by atoms with Crippen molar-refractivity contribution in [2.75, 3.05) is 19.5 Å². The fourth-order valence-electron chi connectivity index (χ4n) is 1.65. The van der Waals surface area contributed by atoms with Crippen molar-refractivity contribution in [2.24, 2.45) is 0 Å². The SMILES string of the molecule is COc1ccc(CNc2ncc[nH]c2=O)cc1OC. The fourth-order valence-corrected chi connectivity index (χ4v) is 1.65. The lowest BCUT2D eigenvalue weighted by Gasteiger charge is -2.10. The van der Waals surface area contributed by atoms with Crippen molar-refractivity contribution in [1.29, 1.82) is 0 Å². The number of anilines is 1. The van der Waals surface area contributed by atoms with Crippen molar-refractivity contribution in [3.05, 3.63) is 46.5 Å². The molecule has 6 heteroatoms. The number of benzene rings is 1. The Morgan fingerprint density at radius 3 is 2.74 bits per heavy atom. The smallest absolute Gasteiger partial charge is 0.290 e. The van der Waals surface area contributed by atoms with Gasteiger partial charge in [-0.05, 0) is 17.7 Å². The Morgan fingerprint density at radius 2 is 2.05 bits per heavy atom. The van der Waals surface area contributed by atoms with E-state index >= 15 is 0 Å². The van der Waals surface area contributed by atoms with Gasteiger partial charge in [0.05, 0.1) is 14.2 Å². The Morgan fingerprint density at radius 1 is 1.26 bits per heavy atom. The molecule has 0 saturated carbocycles. The lowest BCUT2D eigenvalue weighted by Crippen LogP contribution is -2.15. The number of nitrogens with one attached hydrogen (secondary N) is 2. The molecule has 2 rings (SSSR count). The van der Waals surface area contributed by atoms with E-state index in [4.69, 9.17) is 9.47 Å². The molecule has 1 aromatic heterocycles. The van der Waals surface area contributed by atoms with Gasteiger partial charge in [0.2, 0.25) is 0 Å². The Kier molecular flexibility index (Phi) is 4.02. The highest BCUT2D eigenvalue weighted by molar-refractivity contribution is 5.44. The van der Waals surface area contributed by atoms with E-state index in [1.807, 2.05) is 18.2 Å². The number of ether oxygens (including phenoxy) is 2. The van der Waals surface area contributed by atoms with Crippen LogP contribution in [0.2, 0.25) is 0 Å². The topological polar surface area (TPSA) is 76.2 Å². The zero-order chi connectivity index (χ0) is 13.7. The Labute approximate surface area is 110 Å². The summed E-state index contributed by atoms with van der Waals surface area (Å²) >= 11 is 0. The van der Waals surface area contributed by atoms with Crippen LogP contribution in [0.15, 0.2) is 35.4 Å². The maximum atomic E-state index is 11.4. The summed E-state index contributed by atoms with van der Waals surface area (Å²) in [6.45, 7) is 0.473. The predicted octanol–water partition coefficient (Wildman–Crippen LogP) is 1.40. The number of rotatable bonds is 5. The van der Waals surface area contributed by atoms with E-state index in [1.54, 1.807) is 14.2 Å². The van der Waals surface area contributed by atoms with Crippen molar-refractivity contribution in [3.63, 3.8) is 0 Å². The first-order chi connectivity index (χ1) is 9.24. The van der Waals surface area contributed by atoms with Crippen molar-refractivity contribution >= 4 is 5.82 Å². The van der Waals surface area contributed by atoms with Crippen LogP contribution in [0.1, 0.15) is 5.56 Å². The molecule has 0 bridgehead atoms. The minimum atomic E-state index is -0.247. The average molecular weight is 261 g/mol. The van der Waals surface area contributed by atoms with Crippen molar-refractivity contribution in [2.45, 2.75) is 6.54 Å². The van der Waals surface area contributed by atoms with Crippen LogP contribution < -0.4 is 20.3 Å². The van der Waals surface area contributed by atoms with Crippen LogP contribution in [0, 0.1) is 0 Å². The second-order valence-corrected chi connectivity index (χ2v) is 3.81. The van der Waals surface area contributed by atoms with Crippen LogP contribution in [-0.4, -0.2) is 24.2 Å². The molecule has 0 aliphatic carbocycles. The largest absolute Gasteiger partial charge is 0.493 e. The van der Waals surface area contributed by atoms with E-state index in [2.05, 4.69) is 15.3 Å². The maximum Gasteiger partial charge on any atom is 0.290 e. The van der Waals surface area contributed by atoms with Crippen molar-refractivity contribution < 1.29 is 9.47 Å². The summed E-state index contributed by atoms with van der Waals surface area (Å²) in [6.07, 6.45) is 3.02. The first-order valence-electron chi connectivity index (χ1n) is 5.73. The molecule has 1 aromatic carbocycles. The Hall–Kier alpha value is -2.50. The first-order valence-corrected chi connectivity index (χ1v) is 5.73. The van der Waals surface area contributed by atoms with Crippen LogP contribution in [-0.2, 0) is 6.54 Å². The van der Waals surface area contributed by atoms with Gasteiger partial charge in [0.25, 0.3) is 5.56 Å². The van der Waals surface area contributed by atoms with Gasteiger partial charge in [-0.2, -0.15) is 0 Å². The molecular formula is C13H15N3O3. The lowest BCUT2D eigenvalue weighted by molar-refractivity contribution is 0.354. The van der Waals surface area contributed by atoms with Gasteiger partial charge in [0.1, 0.15) is 0 Å². The highest BCUT2D eigenvalue weighted by atomic mass is 16.5. The summed E-state index contributed by atoms with van der Waals surface area (Å²) in [4.78, 5) is 17.9. The Balaban J connectivity index is 2.12. The van der Waals surface area contributed by atoms with Gasteiger partial charge in [-0.3, -0.25) is 4.79 Å². The van der Waals surface area contributed by atoms with Crippen LogP contribution in [0.3, 0.4) is 0 Å². The molecule has 0 fully saturated rings. The van der Waals surface area contributed by atoms with Gasteiger partial charge in [0, 0.05) is 18.9 Å². The third-order valence-electron chi connectivity index (χ3n) is 2.62. The lowest BCUT2D eigenvalue weighted by atomic mass is 10.2. The minimum Gasteiger partial charge on any atom is -0.493 e. The third-order valence-corrected chi connectivity index (χ3v) is 2.62. The number of methoxy groups -OCH3 is 2. The van der Waals surface area contributed by atoms with Crippen molar-refractivity contribution in [3.8, 4) is 11.5 Å². The standard InChI is InChI=1S/C13H15N3O3/c1-18-10-4-3-9(7-11(10)19-2)8-16-12-13(17)15-6-5-14-12/h3-7H,8H2,1-2H3,(H,14,16)(H,15,17). The van der Waals surface area contributed by atoms with E-state index < -0.39 is 0 Å². The molecule has 0 amide bonds. The van der Waals surface area contributed by atoms with Crippen molar-refractivity contribution in [1.82, 2.24) is 9.97 Å². The molecule has 1 heterocycles. The summed E-state index contributed by atoms with van der Waals surface area (Å²) in [5.74, 6) is 1.61. The van der Waals surface area contributed by atoms with E-state index in [0.29, 0.717) is 18.0 Å². The monoisotopic (exact) mass is 261 g/mol. The summed E-state index contributed by atoms with van der Waals surface area (Å²) in [7, 11) is 3.17. The average Bonchev–Trinajstić information content (AvgIpc) is 2.46. The highest BCUT2D eigenvalue weighted by Crippen LogP contribution is 2.27. The molecular weight excluding hydrogens is 246 g/mol. The zero-order valence-corrected chi connectivity index (χ0v) is 10.8. The van der Waals surface area contributed by atoms with Crippen LogP contribution in [0.4, 0.5) is 5.82 Å². The summed E-state index contributed by atoms with van der Waals surface area (Å²) in [5, 5.41) is 2.97. The third kappa shape index (κ3) is 3.04. The van der Waals surface area contributed by atoms with Gasteiger partial charge in [0.15, 0.2) is 17.3 Å². The quantitative estimate of drug-likeness (QED) is 0.850. The molecule has 0 aliphatic rings. The highest BCUT2D eigenvalue weighted by Gasteiger charge is 2.05. The summed E-state index contributed by atoms with van der Waals surface area (Å²) in [6, 6.07) is 5.56. The van der Waals surface area contributed by atoms with Crippen LogP contribution in [0.25, 0.3) is 0 Å². The molecule has 2 aromatic rings. The molecule has 6 nitrogen and oxygen atoms in total. The fraction of sp³-hybridized carbons (Fsp3) is 0.231. The first kappa shape index (κ1) is 12.9. The number of hydrogen-bond acceptors (Lipinski definition) is 5. The molecule has 19 heavy (non-hydrogen) atoms. The second-order valence-electron chi connectivity index (χ2n) is 3.81. The minimum absolute atomic E-state index is 0.247. The summed E-state index contributed by atoms with van der Waals surface area (Å²) < 4.78 is 10.4. The van der Waals surface area contributed by atoms with E-state index in [-0.39, 0.29) is 11.4 Å². The van der Waals surface area contributed by atoms with Gasteiger partial charge in [-0.15, -0.1) is 0 Å². The van der Waals surface area contributed by atoms with Gasteiger partial charge >= 0.3 is 0 Å². The van der Waals surface area contributed by atoms with Gasteiger partial charge in [-0.1, -0.05) is 6.07 Å². The number of aromatic amines is 1. The molecule has 0 saturated heterocycles. The van der Waals surface area contributed by atoms with E-state index in [9.17, 15) is 4.79 Å². The number of hydrogen-bond donors (Lipinski definition) is 2. The molecule has 0 atom stereocenters. The molecule has 0 spiro atoms. The summed E-state index contributed by atoms with van der Waals surface area (Å²) in [5.41, 5.74) is 0.714. The van der Waals surface area contributed by atoms with Gasteiger partial charge in [-0.25, -0.2) is 4.98 Å². The van der Waals surface area contributed by atoms with Gasteiger partial charge < -0.3 is 19.8 Å². The van der Waals surface area contributed by atoms with Crippen LogP contribution in [0.5, 0.6) is 11.5 Å². The maximum absolute atomic E-state index is 11.4. The molecule has 0 radical (unpaired) electrons. The van der Waals surface area contributed by atoms with Crippen LogP contribution >= 0.6 is 0 Å². The molecule has 2 N–H and O–H groups in total. The zero-order valence-electron chi connectivity index (χ0n) is 10.8. The molecule has 100 valence electrons. The Bertz CT molecular complexity index is 610. The number of aromatic nitrogens is 2.